The zero-order valence-corrected chi connectivity index (χ0v) is 16.1. The molecule has 0 spiro atoms. The van der Waals surface area contributed by atoms with E-state index in [4.69, 9.17) is 15.0 Å². The van der Waals surface area contributed by atoms with Gasteiger partial charge in [0.25, 0.3) is 0 Å². The molecule has 0 aliphatic heterocycles. The Hall–Kier alpha value is -2.75. The first kappa shape index (κ1) is 19.0. The minimum atomic E-state index is -3.77. The van der Waals surface area contributed by atoms with Crippen LogP contribution < -0.4 is 9.88 Å². The van der Waals surface area contributed by atoms with E-state index in [0.717, 1.165) is 32.9 Å². The fourth-order valence-electron chi connectivity index (χ4n) is 2.65. The van der Waals surface area contributed by atoms with Gasteiger partial charge < -0.3 is 9.84 Å². The molecule has 0 amide bonds. The van der Waals surface area contributed by atoms with Gasteiger partial charge in [0.2, 0.25) is 15.0 Å². The number of nitrogens with zero attached hydrogens (tertiary/aromatic N) is 1. The van der Waals surface area contributed by atoms with E-state index in [-0.39, 0.29) is 9.90 Å². The van der Waals surface area contributed by atoms with Crippen LogP contribution in [0.4, 0.5) is 0 Å². The monoisotopic (exact) mass is 404 g/mol. The Morgan fingerprint density at radius 3 is 2.30 bits per heavy atom. The molecular formula is C18H16N2O5S2. The summed E-state index contributed by atoms with van der Waals surface area (Å²) in [6, 6.07) is 11.6. The van der Waals surface area contributed by atoms with Gasteiger partial charge in [-0.3, -0.25) is 0 Å². The third-order valence-corrected chi connectivity index (χ3v) is 6.06. The highest BCUT2D eigenvalue weighted by Crippen LogP contribution is 2.37. The van der Waals surface area contributed by atoms with Crippen molar-refractivity contribution in [2.45, 2.75) is 11.8 Å². The zero-order valence-electron chi connectivity index (χ0n) is 14.5. The Morgan fingerprint density at radius 2 is 1.78 bits per heavy atom. The fraction of sp³-hybridized carbons (Fsp3) is 0.111. The molecule has 0 saturated heterocycles. The summed E-state index contributed by atoms with van der Waals surface area (Å²) in [5.41, 5.74) is 2.89. The molecule has 0 radical (unpaired) electrons. The molecule has 9 heteroatoms. The van der Waals surface area contributed by atoms with E-state index in [2.05, 4.69) is 4.98 Å². The van der Waals surface area contributed by atoms with Gasteiger partial charge in [-0.05, 0) is 48.4 Å². The SMILES string of the molecule is COc1ccc(-c2sc(C(=O)O)nc2C)cc1-c1ccc(S(N)(=O)=O)cc1. The molecule has 0 aliphatic carbocycles. The van der Waals surface area contributed by atoms with Crippen LogP contribution >= 0.6 is 11.3 Å². The van der Waals surface area contributed by atoms with E-state index < -0.39 is 16.0 Å². The number of hydrogen-bond acceptors (Lipinski definition) is 6. The Kier molecular flexibility index (Phi) is 5.01. The van der Waals surface area contributed by atoms with Crippen LogP contribution in [-0.4, -0.2) is 31.6 Å². The molecule has 0 bridgehead atoms. The molecule has 0 fully saturated rings. The van der Waals surface area contributed by atoms with E-state index >= 15 is 0 Å². The number of hydrogen-bond donors (Lipinski definition) is 2. The van der Waals surface area contributed by atoms with E-state index in [9.17, 15) is 13.2 Å². The number of methoxy groups -OCH3 is 1. The quantitative estimate of drug-likeness (QED) is 0.674. The predicted octanol–water partition coefficient (Wildman–Crippen LogP) is 3.14. The lowest BCUT2D eigenvalue weighted by molar-refractivity contribution is 0.0696. The maximum absolute atomic E-state index is 11.4. The molecule has 0 unspecified atom stereocenters. The molecule has 0 aliphatic rings. The lowest BCUT2D eigenvalue weighted by Gasteiger charge is -2.11. The van der Waals surface area contributed by atoms with E-state index in [0.29, 0.717) is 11.4 Å². The largest absolute Gasteiger partial charge is 0.496 e. The molecule has 3 rings (SSSR count). The molecule has 3 aromatic rings. The van der Waals surface area contributed by atoms with Gasteiger partial charge >= 0.3 is 5.97 Å². The Bertz CT molecular complexity index is 1120. The van der Waals surface area contributed by atoms with Crippen LogP contribution in [0, 0.1) is 6.92 Å². The van der Waals surface area contributed by atoms with Crippen molar-refractivity contribution in [3.05, 3.63) is 53.2 Å². The molecule has 0 atom stereocenters. The number of carboxylic acids is 1. The predicted molar refractivity (Wildman–Crippen MR) is 103 cm³/mol. The van der Waals surface area contributed by atoms with E-state index in [1.807, 2.05) is 12.1 Å². The number of carboxylic acid groups (broad SMARTS) is 1. The highest BCUT2D eigenvalue weighted by molar-refractivity contribution is 7.89. The summed E-state index contributed by atoms with van der Waals surface area (Å²) in [6.07, 6.45) is 0. The molecule has 27 heavy (non-hydrogen) atoms. The van der Waals surface area contributed by atoms with Gasteiger partial charge in [-0.25, -0.2) is 23.3 Å². The summed E-state index contributed by atoms with van der Waals surface area (Å²) in [4.78, 5) is 16.0. The van der Waals surface area contributed by atoms with Gasteiger partial charge in [0.1, 0.15) is 5.75 Å². The summed E-state index contributed by atoms with van der Waals surface area (Å²) >= 11 is 1.10. The molecule has 1 aromatic heterocycles. The molecule has 7 nitrogen and oxygen atoms in total. The van der Waals surface area contributed by atoms with Crippen LogP contribution in [0.5, 0.6) is 5.75 Å². The number of thiazole rings is 1. The van der Waals surface area contributed by atoms with Crippen LogP contribution in [0.1, 0.15) is 15.5 Å². The van der Waals surface area contributed by atoms with Crippen LogP contribution in [0.2, 0.25) is 0 Å². The number of aromatic nitrogens is 1. The molecule has 140 valence electrons. The third kappa shape index (κ3) is 3.85. The minimum absolute atomic E-state index is 0.0192. The summed E-state index contributed by atoms with van der Waals surface area (Å²) in [5, 5.41) is 14.3. The van der Waals surface area contributed by atoms with Crippen LogP contribution in [0.15, 0.2) is 47.4 Å². The van der Waals surface area contributed by atoms with Crippen molar-refractivity contribution in [3.8, 4) is 27.3 Å². The van der Waals surface area contributed by atoms with Crippen LogP contribution in [0.3, 0.4) is 0 Å². The first-order valence-electron chi connectivity index (χ1n) is 7.73. The second-order valence-electron chi connectivity index (χ2n) is 5.72. The minimum Gasteiger partial charge on any atom is -0.496 e. The second-order valence-corrected chi connectivity index (χ2v) is 8.28. The molecular weight excluding hydrogens is 388 g/mol. The summed E-state index contributed by atoms with van der Waals surface area (Å²) < 4.78 is 28.3. The van der Waals surface area contributed by atoms with Gasteiger partial charge in [-0.1, -0.05) is 12.1 Å². The van der Waals surface area contributed by atoms with Gasteiger partial charge in [0.05, 0.1) is 22.6 Å². The number of sulfonamides is 1. The summed E-state index contributed by atoms with van der Waals surface area (Å²) in [6.45, 7) is 1.75. The lowest BCUT2D eigenvalue weighted by Crippen LogP contribution is -2.11. The fourth-order valence-corrected chi connectivity index (χ4v) is 4.07. The van der Waals surface area contributed by atoms with E-state index in [1.54, 1.807) is 25.1 Å². The summed E-state index contributed by atoms with van der Waals surface area (Å²) in [7, 11) is -2.23. The van der Waals surface area contributed by atoms with Crippen LogP contribution in [-0.2, 0) is 10.0 Å². The van der Waals surface area contributed by atoms with Gasteiger partial charge in [0, 0.05) is 5.56 Å². The lowest BCUT2D eigenvalue weighted by atomic mass is 10.0. The number of aryl methyl sites for hydroxylation is 1. The second kappa shape index (κ2) is 7.10. The Balaban J connectivity index is 2.11. The molecule has 2 aromatic carbocycles. The van der Waals surface area contributed by atoms with Gasteiger partial charge in [-0.15, -0.1) is 11.3 Å². The van der Waals surface area contributed by atoms with Crippen molar-refractivity contribution < 1.29 is 23.1 Å². The first-order valence-corrected chi connectivity index (χ1v) is 10.1. The number of nitrogens with two attached hydrogens (primary N) is 1. The molecule has 1 heterocycles. The Labute approximate surface area is 160 Å². The average molecular weight is 404 g/mol. The first-order chi connectivity index (χ1) is 12.7. The number of ether oxygens (including phenoxy) is 1. The maximum Gasteiger partial charge on any atom is 0.365 e. The Morgan fingerprint density at radius 1 is 1.15 bits per heavy atom. The number of primary sulfonamides is 1. The standard InChI is InChI=1S/C18H16N2O5S2/c1-10-16(26-17(20-10)18(21)22)12-5-8-15(25-2)14(9-12)11-3-6-13(7-4-11)27(19,23)24/h3-9H,1-2H3,(H,21,22)(H2,19,23,24). The molecule has 3 N–H and O–H groups in total. The topological polar surface area (TPSA) is 120 Å². The van der Waals surface area contributed by atoms with Crippen molar-refractivity contribution in [2.24, 2.45) is 5.14 Å². The van der Waals surface area contributed by atoms with Gasteiger partial charge in [-0.2, -0.15) is 0 Å². The number of benzene rings is 2. The number of aromatic carboxylic acids is 1. The van der Waals surface area contributed by atoms with Crippen molar-refractivity contribution in [1.29, 1.82) is 0 Å². The van der Waals surface area contributed by atoms with E-state index in [1.165, 1.54) is 19.2 Å². The summed E-state index contributed by atoms with van der Waals surface area (Å²) in [5.74, 6) is -0.468. The third-order valence-electron chi connectivity index (χ3n) is 3.94. The van der Waals surface area contributed by atoms with Crippen molar-refractivity contribution in [1.82, 2.24) is 4.98 Å². The highest BCUT2D eigenvalue weighted by atomic mass is 32.2. The normalized spacial score (nSPS) is 11.4. The maximum atomic E-state index is 11.4. The number of rotatable bonds is 5. The molecule has 0 saturated carbocycles. The smallest absolute Gasteiger partial charge is 0.365 e. The highest BCUT2D eigenvalue weighted by Gasteiger charge is 2.17. The van der Waals surface area contributed by atoms with Gasteiger partial charge in [0.15, 0.2) is 0 Å². The zero-order chi connectivity index (χ0) is 19.8. The van der Waals surface area contributed by atoms with Crippen molar-refractivity contribution in [3.63, 3.8) is 0 Å². The van der Waals surface area contributed by atoms with Crippen LogP contribution in [0.25, 0.3) is 21.6 Å². The number of carbonyl (C=O) groups is 1. The van der Waals surface area contributed by atoms with Crippen molar-refractivity contribution >= 4 is 27.3 Å². The van der Waals surface area contributed by atoms with Crippen molar-refractivity contribution in [2.75, 3.05) is 7.11 Å². The average Bonchev–Trinajstić information content (AvgIpc) is 3.02.